The van der Waals surface area contributed by atoms with E-state index in [1.807, 2.05) is 30.3 Å². The van der Waals surface area contributed by atoms with Gasteiger partial charge in [0.05, 0.1) is 30.1 Å². The summed E-state index contributed by atoms with van der Waals surface area (Å²) in [6, 6.07) is 9.95. The van der Waals surface area contributed by atoms with Gasteiger partial charge in [-0.25, -0.2) is 4.79 Å². The minimum absolute atomic E-state index is 0.0670. The van der Waals surface area contributed by atoms with Crippen LogP contribution in [0.2, 0.25) is 0 Å². The second kappa shape index (κ2) is 9.15. The number of aryl methyl sites for hydroxylation is 1. The van der Waals surface area contributed by atoms with E-state index in [0.717, 1.165) is 37.2 Å². The quantitative estimate of drug-likeness (QED) is 0.718. The third-order valence-corrected chi connectivity index (χ3v) is 6.09. The molecular formula is C21H27N2O3S+. The largest absolute Gasteiger partial charge is 0.462 e. The minimum Gasteiger partial charge on any atom is -0.462 e. The molecule has 2 N–H and O–H groups in total. The van der Waals surface area contributed by atoms with Crippen molar-refractivity contribution in [3.63, 3.8) is 0 Å². The minimum atomic E-state index is -0.326. The summed E-state index contributed by atoms with van der Waals surface area (Å²) in [5, 5.41) is 3.63. The van der Waals surface area contributed by atoms with Crippen LogP contribution < -0.4 is 10.2 Å². The molecule has 0 radical (unpaired) electrons. The molecule has 0 spiro atoms. The maximum Gasteiger partial charge on any atom is 0.341 e. The van der Waals surface area contributed by atoms with Crippen LogP contribution in [0, 0.1) is 0 Å². The molecule has 1 aromatic carbocycles. The van der Waals surface area contributed by atoms with Gasteiger partial charge in [-0.15, -0.1) is 11.3 Å². The van der Waals surface area contributed by atoms with Gasteiger partial charge in [-0.3, -0.25) is 4.79 Å². The molecule has 1 unspecified atom stereocenters. The molecule has 3 rings (SSSR count). The molecule has 5 nitrogen and oxygen atoms in total. The Morgan fingerprint density at radius 1 is 1.22 bits per heavy atom. The standard InChI is InChI=1S/C21H26N2O3S/c1-3-23-13-12-16-17(14-23)27-20(19(16)21(25)26-4-2)22-18(24)11-10-15-8-6-5-7-9-15/h5-9H,3-4,10-14H2,1-2H3,(H,22,24)/p+1. The van der Waals surface area contributed by atoms with E-state index < -0.39 is 0 Å². The molecule has 1 aliphatic rings. The van der Waals surface area contributed by atoms with Crippen LogP contribution in [-0.2, 0) is 28.9 Å². The lowest BCUT2D eigenvalue weighted by molar-refractivity contribution is -0.913. The van der Waals surface area contributed by atoms with Gasteiger partial charge >= 0.3 is 5.97 Å². The first-order chi connectivity index (χ1) is 13.1. The molecule has 0 aliphatic carbocycles. The number of fused-ring (bicyclic) bond motifs is 1. The van der Waals surface area contributed by atoms with E-state index >= 15 is 0 Å². The first-order valence-corrected chi connectivity index (χ1v) is 10.4. The number of esters is 1. The highest BCUT2D eigenvalue weighted by Gasteiger charge is 2.30. The molecule has 0 bridgehead atoms. The fourth-order valence-electron chi connectivity index (χ4n) is 3.44. The van der Waals surface area contributed by atoms with Gasteiger partial charge in [0.15, 0.2) is 0 Å². The van der Waals surface area contributed by atoms with E-state index in [1.54, 1.807) is 6.92 Å². The van der Waals surface area contributed by atoms with Crippen LogP contribution in [0.3, 0.4) is 0 Å². The summed E-state index contributed by atoms with van der Waals surface area (Å²) in [6.45, 7) is 7.28. The Morgan fingerprint density at radius 2 is 2.00 bits per heavy atom. The van der Waals surface area contributed by atoms with Gasteiger partial charge in [-0.2, -0.15) is 0 Å². The third kappa shape index (κ3) is 4.76. The van der Waals surface area contributed by atoms with E-state index in [-0.39, 0.29) is 11.9 Å². The fourth-order valence-corrected chi connectivity index (χ4v) is 4.76. The number of nitrogens with one attached hydrogen (secondary N) is 2. The van der Waals surface area contributed by atoms with Gasteiger partial charge in [-0.05, 0) is 31.4 Å². The Morgan fingerprint density at radius 3 is 2.70 bits per heavy atom. The number of anilines is 1. The topological polar surface area (TPSA) is 59.8 Å². The van der Waals surface area contributed by atoms with Gasteiger partial charge < -0.3 is 15.0 Å². The number of ether oxygens (including phenoxy) is 1. The molecule has 0 saturated heterocycles. The number of carbonyl (C=O) groups excluding carboxylic acids is 2. The third-order valence-electron chi connectivity index (χ3n) is 4.95. The highest BCUT2D eigenvalue weighted by atomic mass is 32.1. The van der Waals surface area contributed by atoms with E-state index in [1.165, 1.54) is 21.1 Å². The predicted octanol–water partition coefficient (Wildman–Crippen LogP) is 2.46. The van der Waals surface area contributed by atoms with E-state index in [0.29, 0.717) is 30.0 Å². The molecule has 1 atom stereocenters. The zero-order valence-electron chi connectivity index (χ0n) is 16.0. The number of benzene rings is 1. The lowest BCUT2D eigenvalue weighted by Crippen LogP contribution is -3.11. The van der Waals surface area contributed by atoms with Gasteiger partial charge in [0.2, 0.25) is 5.91 Å². The Labute approximate surface area is 164 Å². The summed E-state index contributed by atoms with van der Waals surface area (Å²) < 4.78 is 5.27. The smallest absolute Gasteiger partial charge is 0.341 e. The van der Waals surface area contributed by atoms with E-state index in [2.05, 4.69) is 12.2 Å². The maximum atomic E-state index is 12.5. The molecule has 0 fully saturated rings. The summed E-state index contributed by atoms with van der Waals surface area (Å²) >= 11 is 1.53. The highest BCUT2D eigenvalue weighted by Crippen LogP contribution is 2.35. The number of likely N-dealkylation sites (N-methyl/N-ethyl adjacent to an activating group) is 1. The average molecular weight is 388 g/mol. The van der Waals surface area contributed by atoms with Crippen molar-refractivity contribution in [2.45, 2.75) is 39.7 Å². The number of rotatable bonds is 7. The number of hydrogen-bond donors (Lipinski definition) is 2. The molecule has 1 amide bonds. The first kappa shape index (κ1) is 19.6. The van der Waals surface area contributed by atoms with Crippen molar-refractivity contribution in [1.29, 1.82) is 0 Å². The zero-order chi connectivity index (χ0) is 19.2. The molecule has 2 aromatic rings. The van der Waals surface area contributed by atoms with E-state index in [9.17, 15) is 9.59 Å². The Bertz CT molecular complexity index is 801. The second-order valence-corrected chi connectivity index (χ2v) is 7.85. The summed E-state index contributed by atoms with van der Waals surface area (Å²) in [5.41, 5.74) is 2.76. The highest BCUT2D eigenvalue weighted by molar-refractivity contribution is 7.17. The molecule has 1 aromatic heterocycles. The Kier molecular flexibility index (Phi) is 6.63. The van der Waals surface area contributed by atoms with Gasteiger partial charge in [0.1, 0.15) is 11.5 Å². The van der Waals surface area contributed by atoms with Crippen LogP contribution in [0.25, 0.3) is 0 Å². The average Bonchev–Trinajstić information content (AvgIpc) is 3.04. The molecule has 144 valence electrons. The normalized spacial score (nSPS) is 15.9. The van der Waals surface area contributed by atoms with Crippen molar-refractivity contribution >= 4 is 28.2 Å². The molecule has 6 heteroatoms. The molecule has 1 aliphatic heterocycles. The molecule has 27 heavy (non-hydrogen) atoms. The van der Waals surface area contributed by atoms with Crippen LogP contribution in [0.4, 0.5) is 5.00 Å². The summed E-state index contributed by atoms with van der Waals surface area (Å²) in [6.07, 6.45) is 1.92. The van der Waals surface area contributed by atoms with Crippen molar-refractivity contribution in [3.05, 3.63) is 51.9 Å². The van der Waals surface area contributed by atoms with Crippen LogP contribution in [0.1, 0.15) is 46.6 Å². The SMILES string of the molecule is CCOC(=O)c1c(NC(=O)CCc2ccccc2)sc2c1CC[NH+](CC)C2. The summed E-state index contributed by atoms with van der Waals surface area (Å²) in [5.74, 6) is -0.393. The Hall–Kier alpha value is -2.18. The van der Waals surface area contributed by atoms with Crippen molar-refractivity contribution in [1.82, 2.24) is 0 Å². The van der Waals surface area contributed by atoms with Crippen molar-refractivity contribution < 1.29 is 19.2 Å². The molecule has 2 heterocycles. The van der Waals surface area contributed by atoms with Crippen LogP contribution in [0.15, 0.2) is 30.3 Å². The molecular weight excluding hydrogens is 360 g/mol. The zero-order valence-corrected chi connectivity index (χ0v) is 16.8. The van der Waals surface area contributed by atoms with Gasteiger partial charge in [0.25, 0.3) is 0 Å². The van der Waals surface area contributed by atoms with Gasteiger partial charge in [-0.1, -0.05) is 30.3 Å². The second-order valence-electron chi connectivity index (χ2n) is 6.74. The lowest BCUT2D eigenvalue weighted by Gasteiger charge is -2.22. The summed E-state index contributed by atoms with van der Waals surface area (Å²) in [4.78, 5) is 27.7. The number of quaternary nitrogens is 1. The summed E-state index contributed by atoms with van der Waals surface area (Å²) in [7, 11) is 0. The maximum absolute atomic E-state index is 12.5. The number of thiophene rings is 1. The fraction of sp³-hybridized carbons (Fsp3) is 0.429. The van der Waals surface area contributed by atoms with Crippen LogP contribution in [-0.4, -0.2) is 31.6 Å². The predicted molar refractivity (Wildman–Crippen MR) is 107 cm³/mol. The number of amides is 1. The van der Waals surface area contributed by atoms with Crippen LogP contribution >= 0.6 is 11.3 Å². The van der Waals surface area contributed by atoms with Crippen molar-refractivity contribution in [2.24, 2.45) is 0 Å². The van der Waals surface area contributed by atoms with Crippen molar-refractivity contribution in [2.75, 3.05) is 25.0 Å². The van der Waals surface area contributed by atoms with Crippen LogP contribution in [0.5, 0.6) is 0 Å². The number of hydrogen-bond acceptors (Lipinski definition) is 4. The van der Waals surface area contributed by atoms with E-state index in [4.69, 9.17) is 4.74 Å². The number of carbonyl (C=O) groups is 2. The Balaban J connectivity index is 1.76. The van der Waals surface area contributed by atoms with Crippen molar-refractivity contribution in [3.8, 4) is 0 Å². The first-order valence-electron chi connectivity index (χ1n) is 9.61. The van der Waals surface area contributed by atoms with Gasteiger partial charge in [0, 0.05) is 12.8 Å². The monoisotopic (exact) mass is 387 g/mol. The lowest BCUT2D eigenvalue weighted by atomic mass is 10.0. The molecule has 0 saturated carbocycles.